The van der Waals surface area contributed by atoms with Gasteiger partial charge in [0.1, 0.15) is 0 Å². The molecule has 0 radical (unpaired) electrons. The highest BCUT2D eigenvalue weighted by molar-refractivity contribution is 5.76. The highest BCUT2D eigenvalue weighted by Gasteiger charge is 2.20. The van der Waals surface area contributed by atoms with Gasteiger partial charge in [-0.3, -0.25) is 9.59 Å². The van der Waals surface area contributed by atoms with E-state index in [0.717, 1.165) is 38.5 Å². The Morgan fingerprint density at radius 1 is 0.435 bits per heavy atom. The Morgan fingerprint density at radius 2 is 0.758 bits per heavy atom. The lowest BCUT2D eigenvalue weighted by atomic mass is 10.0. The van der Waals surface area contributed by atoms with Gasteiger partial charge in [-0.15, -0.1) is 0 Å². The largest absolute Gasteiger partial charge is 0.466 e. The van der Waals surface area contributed by atoms with Gasteiger partial charge in [-0.25, -0.2) is 0 Å². The van der Waals surface area contributed by atoms with Gasteiger partial charge in [-0.1, -0.05) is 257 Å². The Labute approximate surface area is 387 Å². The van der Waals surface area contributed by atoms with Crippen LogP contribution in [0.25, 0.3) is 0 Å². The topological polar surface area (TPSA) is 95.9 Å². The van der Waals surface area contributed by atoms with Crippen molar-refractivity contribution in [1.82, 2.24) is 5.32 Å². The Hall–Kier alpha value is -1.40. The Bertz CT molecular complexity index is 924. The van der Waals surface area contributed by atoms with Crippen molar-refractivity contribution in [2.45, 2.75) is 321 Å². The summed E-state index contributed by atoms with van der Waals surface area (Å²) >= 11 is 0. The van der Waals surface area contributed by atoms with Gasteiger partial charge in [-0.05, 0) is 51.4 Å². The predicted molar refractivity (Wildman–Crippen MR) is 269 cm³/mol. The molecule has 0 aliphatic carbocycles. The van der Waals surface area contributed by atoms with Crippen molar-refractivity contribution in [3.05, 3.63) is 12.2 Å². The number of ether oxygens (including phenoxy) is 1. The first kappa shape index (κ1) is 60.6. The van der Waals surface area contributed by atoms with E-state index in [-0.39, 0.29) is 18.5 Å². The second-order valence-electron chi connectivity index (χ2n) is 19.3. The van der Waals surface area contributed by atoms with E-state index in [1.807, 2.05) is 0 Å². The van der Waals surface area contributed by atoms with E-state index in [9.17, 15) is 19.8 Å². The number of amides is 1. The number of nitrogens with one attached hydrogen (secondary N) is 1. The first-order valence-corrected chi connectivity index (χ1v) is 27.9. The van der Waals surface area contributed by atoms with Crippen molar-refractivity contribution in [2.75, 3.05) is 13.2 Å². The fraction of sp³-hybridized carbons (Fsp3) is 0.929. The zero-order valence-corrected chi connectivity index (χ0v) is 41.9. The maximum absolute atomic E-state index is 12.4. The van der Waals surface area contributed by atoms with E-state index in [1.165, 1.54) is 238 Å². The summed E-state index contributed by atoms with van der Waals surface area (Å²) in [7, 11) is 0. The minimum Gasteiger partial charge on any atom is -0.466 e. The van der Waals surface area contributed by atoms with E-state index in [0.29, 0.717) is 25.9 Å². The van der Waals surface area contributed by atoms with E-state index in [1.54, 1.807) is 0 Å². The minimum absolute atomic E-state index is 0.0131. The molecule has 0 aliphatic heterocycles. The predicted octanol–water partition coefficient (Wildman–Crippen LogP) is 16.9. The van der Waals surface area contributed by atoms with Gasteiger partial charge in [0.05, 0.1) is 25.4 Å². The van der Waals surface area contributed by atoms with Crippen LogP contribution in [0.5, 0.6) is 0 Å². The van der Waals surface area contributed by atoms with Crippen molar-refractivity contribution in [2.24, 2.45) is 0 Å². The summed E-state index contributed by atoms with van der Waals surface area (Å²) in [6, 6.07) is -0.543. The molecule has 6 heteroatoms. The van der Waals surface area contributed by atoms with Crippen LogP contribution >= 0.6 is 0 Å². The van der Waals surface area contributed by atoms with Crippen molar-refractivity contribution >= 4 is 11.9 Å². The lowest BCUT2D eigenvalue weighted by Crippen LogP contribution is -2.45. The number of rotatable bonds is 52. The van der Waals surface area contributed by atoms with Crippen LogP contribution in [0, 0.1) is 0 Å². The molecule has 0 bridgehead atoms. The molecular formula is C56H109NO5. The Balaban J connectivity index is 3.37. The second kappa shape index (κ2) is 52.2. The van der Waals surface area contributed by atoms with Crippen LogP contribution in [0.2, 0.25) is 0 Å². The first-order valence-electron chi connectivity index (χ1n) is 27.9. The van der Waals surface area contributed by atoms with Crippen molar-refractivity contribution < 1.29 is 24.5 Å². The molecule has 0 aromatic carbocycles. The smallest absolute Gasteiger partial charge is 0.305 e. The van der Waals surface area contributed by atoms with Crippen LogP contribution in [0.3, 0.4) is 0 Å². The van der Waals surface area contributed by atoms with Gasteiger partial charge in [0, 0.05) is 12.8 Å². The van der Waals surface area contributed by atoms with Crippen LogP contribution in [-0.2, 0) is 14.3 Å². The van der Waals surface area contributed by atoms with Gasteiger partial charge >= 0.3 is 5.97 Å². The molecular weight excluding hydrogens is 767 g/mol. The highest BCUT2D eigenvalue weighted by Crippen LogP contribution is 2.17. The molecule has 0 spiro atoms. The van der Waals surface area contributed by atoms with Crippen LogP contribution < -0.4 is 5.32 Å². The Kier molecular flexibility index (Phi) is 51.0. The number of esters is 1. The summed E-state index contributed by atoms with van der Waals surface area (Å²) in [6.45, 7) is 4.94. The zero-order valence-electron chi connectivity index (χ0n) is 41.9. The van der Waals surface area contributed by atoms with Crippen molar-refractivity contribution in [3.8, 4) is 0 Å². The quantitative estimate of drug-likeness (QED) is 0.0321. The van der Waals surface area contributed by atoms with Gasteiger partial charge < -0.3 is 20.3 Å². The number of aliphatic hydroxyl groups is 2. The van der Waals surface area contributed by atoms with E-state index < -0.39 is 12.1 Å². The van der Waals surface area contributed by atoms with Gasteiger partial charge in [0.25, 0.3) is 0 Å². The summed E-state index contributed by atoms with van der Waals surface area (Å²) in [5.74, 6) is -0.0299. The molecule has 0 heterocycles. The summed E-state index contributed by atoms with van der Waals surface area (Å²) in [5, 5.41) is 23.1. The van der Waals surface area contributed by atoms with Crippen molar-refractivity contribution in [1.29, 1.82) is 0 Å². The van der Waals surface area contributed by atoms with Crippen molar-refractivity contribution in [3.63, 3.8) is 0 Å². The SMILES string of the molecule is CCCCCCCCCCCCCCCC(=O)OCCCCCCCCCCCCCC/C=C\CCCCCCCCCC(=O)NC(CO)C(O)CCCCCCCCCCC. The molecule has 0 fully saturated rings. The number of carbonyl (C=O) groups is 2. The third-order valence-electron chi connectivity index (χ3n) is 13.1. The molecule has 0 saturated heterocycles. The van der Waals surface area contributed by atoms with E-state index >= 15 is 0 Å². The van der Waals surface area contributed by atoms with Crippen LogP contribution in [-0.4, -0.2) is 47.4 Å². The van der Waals surface area contributed by atoms with Gasteiger partial charge in [0.2, 0.25) is 5.91 Å². The molecule has 62 heavy (non-hydrogen) atoms. The minimum atomic E-state index is -0.665. The van der Waals surface area contributed by atoms with E-state index in [4.69, 9.17) is 4.74 Å². The maximum Gasteiger partial charge on any atom is 0.305 e. The van der Waals surface area contributed by atoms with Crippen LogP contribution in [0.15, 0.2) is 12.2 Å². The lowest BCUT2D eigenvalue weighted by Gasteiger charge is -2.22. The normalized spacial score (nSPS) is 12.6. The molecule has 3 N–H and O–H groups in total. The number of carbonyl (C=O) groups excluding carboxylic acids is 2. The van der Waals surface area contributed by atoms with Crippen LogP contribution in [0.1, 0.15) is 309 Å². The zero-order chi connectivity index (χ0) is 45.1. The lowest BCUT2D eigenvalue weighted by molar-refractivity contribution is -0.143. The highest BCUT2D eigenvalue weighted by atomic mass is 16.5. The molecule has 0 rings (SSSR count). The molecule has 6 nitrogen and oxygen atoms in total. The summed E-state index contributed by atoms with van der Waals surface area (Å²) in [5.41, 5.74) is 0. The fourth-order valence-electron chi connectivity index (χ4n) is 8.75. The van der Waals surface area contributed by atoms with E-state index in [2.05, 4.69) is 31.3 Å². The molecule has 2 unspecified atom stereocenters. The fourth-order valence-corrected chi connectivity index (χ4v) is 8.75. The number of hydrogen-bond donors (Lipinski definition) is 3. The Morgan fingerprint density at radius 3 is 1.15 bits per heavy atom. The molecule has 0 aliphatic rings. The molecule has 0 saturated carbocycles. The summed E-state index contributed by atoms with van der Waals surface area (Å²) in [6.07, 6.45) is 60.7. The first-order chi connectivity index (χ1) is 30.5. The maximum atomic E-state index is 12.4. The number of unbranched alkanes of at least 4 members (excludes halogenated alkanes) is 39. The average Bonchev–Trinajstić information content (AvgIpc) is 3.27. The molecule has 1 amide bonds. The third-order valence-corrected chi connectivity index (χ3v) is 13.1. The summed E-state index contributed by atoms with van der Waals surface area (Å²) < 4.78 is 5.47. The molecule has 368 valence electrons. The molecule has 0 aromatic rings. The summed E-state index contributed by atoms with van der Waals surface area (Å²) in [4.78, 5) is 24.4. The average molecular weight is 876 g/mol. The number of hydrogen-bond acceptors (Lipinski definition) is 5. The van der Waals surface area contributed by atoms with Crippen LogP contribution in [0.4, 0.5) is 0 Å². The standard InChI is InChI=1S/C56H109NO5/c1-3-5-7-9-11-13-14-26-30-34-38-42-46-50-56(61)62-51-47-43-39-35-31-28-25-23-21-19-17-15-16-18-20-22-24-27-29-33-37-41-45-49-55(60)57-53(52-58)54(59)48-44-40-36-32-12-10-8-6-4-2/h18,20,53-54,58-59H,3-17,19,21-52H2,1-2H3,(H,57,60)/b20-18-. The number of aliphatic hydroxyl groups excluding tert-OH is 2. The molecule has 0 aromatic heterocycles. The van der Waals surface area contributed by atoms with Gasteiger partial charge in [0.15, 0.2) is 0 Å². The molecule has 2 atom stereocenters. The number of allylic oxidation sites excluding steroid dienone is 2. The monoisotopic (exact) mass is 876 g/mol. The second-order valence-corrected chi connectivity index (χ2v) is 19.3. The van der Waals surface area contributed by atoms with Gasteiger partial charge in [-0.2, -0.15) is 0 Å². The third kappa shape index (κ3) is 48.1.